The summed E-state index contributed by atoms with van der Waals surface area (Å²) < 4.78 is 18.9. The number of halogens is 2. The van der Waals surface area contributed by atoms with Gasteiger partial charge in [-0.25, -0.2) is 4.39 Å². The Morgan fingerprint density at radius 1 is 1.50 bits per heavy atom. The van der Waals surface area contributed by atoms with Gasteiger partial charge in [0.1, 0.15) is 5.82 Å². The Morgan fingerprint density at radius 2 is 2.38 bits per heavy atom. The highest BCUT2D eigenvalue weighted by atomic mass is 35.5. The second kappa shape index (κ2) is 5.62. The highest BCUT2D eigenvalue weighted by Gasteiger charge is 2.15. The SMILES string of the molecule is Fc1cccc(Cl)c1CNCC1CCCO1. The van der Waals surface area contributed by atoms with Crippen molar-refractivity contribution in [1.29, 1.82) is 0 Å². The van der Waals surface area contributed by atoms with Crippen LogP contribution in [0, 0.1) is 5.82 Å². The van der Waals surface area contributed by atoms with Crippen molar-refractivity contribution in [3.05, 3.63) is 34.6 Å². The first-order chi connectivity index (χ1) is 7.77. The lowest BCUT2D eigenvalue weighted by Crippen LogP contribution is -2.26. The van der Waals surface area contributed by atoms with Crippen molar-refractivity contribution in [3.8, 4) is 0 Å². The minimum Gasteiger partial charge on any atom is -0.377 e. The van der Waals surface area contributed by atoms with E-state index in [0.717, 1.165) is 26.0 Å². The maximum Gasteiger partial charge on any atom is 0.129 e. The number of nitrogens with one attached hydrogen (secondary N) is 1. The Labute approximate surface area is 99.7 Å². The van der Waals surface area contributed by atoms with Gasteiger partial charge in [0.05, 0.1) is 6.10 Å². The molecule has 16 heavy (non-hydrogen) atoms. The number of hydrogen-bond acceptors (Lipinski definition) is 2. The second-order valence-corrected chi connectivity index (χ2v) is 4.37. The molecule has 1 aromatic rings. The molecule has 1 saturated heterocycles. The number of rotatable bonds is 4. The molecule has 1 heterocycles. The lowest BCUT2D eigenvalue weighted by molar-refractivity contribution is 0.110. The summed E-state index contributed by atoms with van der Waals surface area (Å²) in [4.78, 5) is 0. The van der Waals surface area contributed by atoms with Crippen LogP contribution < -0.4 is 5.32 Å². The van der Waals surface area contributed by atoms with Crippen LogP contribution in [-0.4, -0.2) is 19.3 Å². The van der Waals surface area contributed by atoms with Gasteiger partial charge in [-0.1, -0.05) is 17.7 Å². The van der Waals surface area contributed by atoms with E-state index in [1.165, 1.54) is 6.07 Å². The van der Waals surface area contributed by atoms with Crippen molar-refractivity contribution >= 4 is 11.6 Å². The van der Waals surface area contributed by atoms with E-state index in [-0.39, 0.29) is 11.9 Å². The fourth-order valence-corrected chi connectivity index (χ4v) is 2.09. The highest BCUT2D eigenvalue weighted by Crippen LogP contribution is 2.18. The Hall–Kier alpha value is -0.640. The van der Waals surface area contributed by atoms with Gasteiger partial charge in [-0.3, -0.25) is 0 Å². The van der Waals surface area contributed by atoms with Crippen LogP contribution >= 0.6 is 11.6 Å². The Balaban J connectivity index is 1.84. The number of ether oxygens (including phenoxy) is 1. The van der Waals surface area contributed by atoms with E-state index in [9.17, 15) is 4.39 Å². The van der Waals surface area contributed by atoms with Gasteiger partial charge in [0, 0.05) is 30.3 Å². The van der Waals surface area contributed by atoms with Crippen LogP contribution in [0.2, 0.25) is 5.02 Å². The molecule has 0 aromatic heterocycles. The molecule has 1 aliphatic heterocycles. The largest absolute Gasteiger partial charge is 0.377 e. The van der Waals surface area contributed by atoms with Gasteiger partial charge in [-0.15, -0.1) is 0 Å². The van der Waals surface area contributed by atoms with Crippen LogP contribution in [0.3, 0.4) is 0 Å². The van der Waals surface area contributed by atoms with E-state index in [0.29, 0.717) is 17.1 Å². The molecule has 2 rings (SSSR count). The van der Waals surface area contributed by atoms with Crippen LogP contribution in [-0.2, 0) is 11.3 Å². The van der Waals surface area contributed by atoms with E-state index >= 15 is 0 Å². The first-order valence-corrected chi connectivity index (χ1v) is 5.90. The average Bonchev–Trinajstić information content (AvgIpc) is 2.75. The molecule has 1 aliphatic rings. The van der Waals surface area contributed by atoms with Crippen molar-refractivity contribution in [1.82, 2.24) is 5.32 Å². The third kappa shape index (κ3) is 2.94. The summed E-state index contributed by atoms with van der Waals surface area (Å²) in [5.74, 6) is -0.257. The molecule has 1 N–H and O–H groups in total. The first kappa shape index (κ1) is 11.8. The van der Waals surface area contributed by atoms with Crippen molar-refractivity contribution in [3.63, 3.8) is 0 Å². The van der Waals surface area contributed by atoms with Crippen molar-refractivity contribution < 1.29 is 9.13 Å². The highest BCUT2D eigenvalue weighted by molar-refractivity contribution is 6.31. The molecular weight excluding hydrogens is 229 g/mol. The lowest BCUT2D eigenvalue weighted by Gasteiger charge is -2.11. The van der Waals surface area contributed by atoms with Crippen LogP contribution in [0.4, 0.5) is 4.39 Å². The minimum atomic E-state index is -0.257. The van der Waals surface area contributed by atoms with Gasteiger partial charge >= 0.3 is 0 Å². The van der Waals surface area contributed by atoms with Crippen LogP contribution in [0.25, 0.3) is 0 Å². The molecule has 0 bridgehead atoms. The third-order valence-electron chi connectivity index (χ3n) is 2.76. The fraction of sp³-hybridized carbons (Fsp3) is 0.500. The molecule has 0 radical (unpaired) electrons. The molecule has 1 aromatic carbocycles. The zero-order chi connectivity index (χ0) is 11.4. The van der Waals surface area contributed by atoms with Gasteiger partial charge in [0.2, 0.25) is 0 Å². The zero-order valence-electron chi connectivity index (χ0n) is 9.01. The van der Waals surface area contributed by atoms with E-state index in [2.05, 4.69) is 5.32 Å². The molecule has 1 fully saturated rings. The normalized spacial score (nSPS) is 20.2. The molecular formula is C12H15ClFNO. The topological polar surface area (TPSA) is 21.3 Å². The molecule has 1 unspecified atom stereocenters. The molecule has 88 valence electrons. The summed E-state index contributed by atoms with van der Waals surface area (Å²) in [5, 5.41) is 3.65. The van der Waals surface area contributed by atoms with E-state index in [4.69, 9.17) is 16.3 Å². The van der Waals surface area contributed by atoms with Crippen LogP contribution in [0.1, 0.15) is 18.4 Å². The van der Waals surface area contributed by atoms with Gasteiger partial charge in [0.15, 0.2) is 0 Å². The summed E-state index contributed by atoms with van der Waals surface area (Å²) in [6.07, 6.45) is 2.47. The van der Waals surface area contributed by atoms with Crippen molar-refractivity contribution in [2.24, 2.45) is 0 Å². The van der Waals surface area contributed by atoms with Gasteiger partial charge < -0.3 is 10.1 Å². The smallest absolute Gasteiger partial charge is 0.129 e. The summed E-state index contributed by atoms with van der Waals surface area (Å²) >= 11 is 5.91. The predicted molar refractivity (Wildman–Crippen MR) is 62.1 cm³/mol. The van der Waals surface area contributed by atoms with Crippen molar-refractivity contribution in [2.75, 3.05) is 13.2 Å². The van der Waals surface area contributed by atoms with Gasteiger partial charge in [-0.05, 0) is 25.0 Å². The average molecular weight is 244 g/mol. The maximum absolute atomic E-state index is 13.4. The van der Waals surface area contributed by atoms with Gasteiger partial charge in [0.25, 0.3) is 0 Å². The minimum absolute atomic E-state index is 0.257. The molecule has 0 spiro atoms. The Kier molecular flexibility index (Phi) is 4.16. The zero-order valence-corrected chi connectivity index (χ0v) is 9.77. The molecule has 4 heteroatoms. The third-order valence-corrected chi connectivity index (χ3v) is 3.11. The summed E-state index contributed by atoms with van der Waals surface area (Å²) in [6.45, 7) is 2.04. The van der Waals surface area contributed by atoms with Crippen molar-refractivity contribution in [2.45, 2.75) is 25.5 Å². The lowest BCUT2D eigenvalue weighted by atomic mass is 10.2. The maximum atomic E-state index is 13.4. The molecule has 0 saturated carbocycles. The van der Waals surface area contributed by atoms with E-state index in [1.807, 2.05) is 0 Å². The summed E-state index contributed by atoms with van der Waals surface area (Å²) in [5.41, 5.74) is 0.530. The fourth-order valence-electron chi connectivity index (χ4n) is 1.86. The molecule has 0 amide bonds. The Morgan fingerprint density at radius 3 is 3.06 bits per heavy atom. The summed E-state index contributed by atoms with van der Waals surface area (Å²) in [7, 11) is 0. The van der Waals surface area contributed by atoms with E-state index < -0.39 is 0 Å². The second-order valence-electron chi connectivity index (χ2n) is 3.97. The van der Waals surface area contributed by atoms with Crippen LogP contribution in [0.15, 0.2) is 18.2 Å². The standard InChI is InChI=1S/C12H15ClFNO/c13-11-4-1-5-12(14)10(11)8-15-7-9-3-2-6-16-9/h1,4-5,9,15H,2-3,6-8H2. The Bertz CT molecular complexity index is 333. The molecule has 1 atom stereocenters. The van der Waals surface area contributed by atoms with Gasteiger partial charge in [-0.2, -0.15) is 0 Å². The number of hydrogen-bond donors (Lipinski definition) is 1. The molecule has 2 nitrogen and oxygen atoms in total. The first-order valence-electron chi connectivity index (χ1n) is 5.52. The quantitative estimate of drug-likeness (QED) is 0.878. The monoisotopic (exact) mass is 243 g/mol. The summed E-state index contributed by atoms with van der Waals surface area (Å²) in [6, 6.07) is 4.74. The van der Waals surface area contributed by atoms with E-state index in [1.54, 1.807) is 12.1 Å². The number of benzene rings is 1. The predicted octanol–water partition coefficient (Wildman–Crippen LogP) is 2.75. The van der Waals surface area contributed by atoms with Crippen LogP contribution in [0.5, 0.6) is 0 Å². The molecule has 0 aliphatic carbocycles.